The van der Waals surface area contributed by atoms with Crippen LogP contribution in [0.2, 0.25) is 0 Å². The molecule has 0 atom stereocenters. The highest BCUT2D eigenvalue weighted by molar-refractivity contribution is 9.10. The molecule has 0 unspecified atom stereocenters. The van der Waals surface area contributed by atoms with Crippen LogP contribution in [0, 0.1) is 0 Å². The minimum absolute atomic E-state index is 0.835. The number of nitrogens with zero attached hydrogens (tertiary/aromatic N) is 1. The Hall–Kier alpha value is -2.34. The molecule has 0 spiro atoms. The second kappa shape index (κ2) is 7.50. The van der Waals surface area contributed by atoms with Crippen LogP contribution in [-0.2, 0) is 0 Å². The van der Waals surface area contributed by atoms with Crippen molar-refractivity contribution in [2.45, 2.75) is 4.90 Å². The molecule has 26 heavy (non-hydrogen) atoms. The minimum atomic E-state index is 0.835. The molecule has 5 heteroatoms. The van der Waals surface area contributed by atoms with Gasteiger partial charge in [0.2, 0.25) is 0 Å². The molecule has 4 aromatic rings. The lowest BCUT2D eigenvalue weighted by atomic mass is 10.1. The van der Waals surface area contributed by atoms with E-state index in [1.54, 1.807) is 0 Å². The number of hydrogen-bond donors (Lipinski definition) is 2. The Labute approximate surface area is 164 Å². The summed E-state index contributed by atoms with van der Waals surface area (Å²) in [4.78, 5) is 9.08. The van der Waals surface area contributed by atoms with E-state index < -0.39 is 0 Å². The fourth-order valence-electron chi connectivity index (χ4n) is 2.83. The Balaban J connectivity index is 1.66. The third-order valence-electron chi connectivity index (χ3n) is 4.13. The van der Waals surface area contributed by atoms with Crippen molar-refractivity contribution in [3.63, 3.8) is 0 Å². The van der Waals surface area contributed by atoms with Gasteiger partial charge in [-0.05, 0) is 65.0 Å². The summed E-state index contributed by atoms with van der Waals surface area (Å²) in [5.74, 6) is 0.835. The van der Waals surface area contributed by atoms with E-state index in [4.69, 9.17) is 5.14 Å². The first-order valence-electron chi connectivity index (χ1n) is 8.12. The van der Waals surface area contributed by atoms with Crippen LogP contribution < -0.4 is 5.14 Å². The second-order valence-electron chi connectivity index (χ2n) is 5.85. The standard InChI is InChI=1S/C21H16BrN3S/c22-16-9-5-14(6-10-16)7-12-21-24-18-11-8-15(13-19(18)25-21)17-3-1-2-4-20(17)26-23/h1-13H,23H2,(H,24,25)/b12-7+. The van der Waals surface area contributed by atoms with Crippen molar-refractivity contribution in [2.75, 3.05) is 0 Å². The quantitative estimate of drug-likeness (QED) is 0.389. The van der Waals surface area contributed by atoms with Crippen LogP contribution in [0.15, 0.2) is 76.1 Å². The molecule has 3 aromatic carbocycles. The van der Waals surface area contributed by atoms with E-state index >= 15 is 0 Å². The van der Waals surface area contributed by atoms with Gasteiger partial charge in [-0.1, -0.05) is 58.4 Å². The molecule has 1 heterocycles. The summed E-state index contributed by atoms with van der Waals surface area (Å²) in [7, 11) is 0. The summed E-state index contributed by atoms with van der Waals surface area (Å²) in [6.45, 7) is 0. The number of H-pyrrole nitrogens is 1. The Bertz CT molecular complexity index is 1080. The second-order valence-corrected chi connectivity index (χ2v) is 7.44. The Kier molecular flexibility index (Phi) is 4.93. The molecule has 0 saturated heterocycles. The van der Waals surface area contributed by atoms with Crippen molar-refractivity contribution in [1.29, 1.82) is 0 Å². The van der Waals surface area contributed by atoms with Gasteiger partial charge < -0.3 is 4.98 Å². The fraction of sp³-hybridized carbons (Fsp3) is 0. The predicted octanol–water partition coefficient (Wildman–Crippen LogP) is 6.13. The van der Waals surface area contributed by atoms with Gasteiger partial charge in [-0.2, -0.15) is 0 Å². The van der Waals surface area contributed by atoms with Crippen LogP contribution in [0.3, 0.4) is 0 Å². The van der Waals surface area contributed by atoms with Gasteiger partial charge in [0.25, 0.3) is 0 Å². The molecule has 0 aliphatic heterocycles. The number of rotatable bonds is 4. The van der Waals surface area contributed by atoms with Crippen LogP contribution in [0.1, 0.15) is 11.4 Å². The van der Waals surface area contributed by atoms with E-state index in [-0.39, 0.29) is 0 Å². The first kappa shape index (κ1) is 17.1. The fourth-order valence-corrected chi connectivity index (χ4v) is 3.57. The summed E-state index contributed by atoms with van der Waals surface area (Å²) in [5, 5.41) is 5.79. The molecule has 128 valence electrons. The third kappa shape index (κ3) is 3.60. The van der Waals surface area contributed by atoms with E-state index in [2.05, 4.69) is 56.2 Å². The van der Waals surface area contributed by atoms with Crippen LogP contribution in [0.25, 0.3) is 34.3 Å². The van der Waals surface area contributed by atoms with Gasteiger partial charge in [0.05, 0.1) is 11.0 Å². The van der Waals surface area contributed by atoms with Crippen LogP contribution in [-0.4, -0.2) is 9.97 Å². The largest absolute Gasteiger partial charge is 0.338 e. The number of halogens is 1. The van der Waals surface area contributed by atoms with Gasteiger partial charge in [0.15, 0.2) is 0 Å². The first-order valence-corrected chi connectivity index (χ1v) is 9.80. The van der Waals surface area contributed by atoms with E-state index in [1.165, 1.54) is 11.9 Å². The molecule has 0 aliphatic rings. The highest BCUT2D eigenvalue weighted by Crippen LogP contribution is 2.30. The Morgan fingerprint density at radius 1 is 0.962 bits per heavy atom. The average Bonchev–Trinajstić information content (AvgIpc) is 3.09. The number of aromatic nitrogens is 2. The smallest absolute Gasteiger partial charge is 0.131 e. The van der Waals surface area contributed by atoms with E-state index in [0.29, 0.717) is 0 Å². The number of nitrogens with one attached hydrogen (secondary N) is 1. The molecule has 4 rings (SSSR count). The molecule has 0 saturated carbocycles. The van der Waals surface area contributed by atoms with E-state index in [9.17, 15) is 0 Å². The SMILES string of the molecule is NSc1ccccc1-c1ccc2nc(/C=C/c3ccc(Br)cc3)[nH]c2c1. The van der Waals surface area contributed by atoms with Gasteiger partial charge in [-0.15, -0.1) is 0 Å². The molecule has 3 nitrogen and oxygen atoms in total. The molecular weight excluding hydrogens is 406 g/mol. The van der Waals surface area contributed by atoms with Crippen molar-refractivity contribution >= 4 is 51.1 Å². The topological polar surface area (TPSA) is 54.7 Å². The van der Waals surface area contributed by atoms with Crippen molar-refractivity contribution in [2.24, 2.45) is 5.14 Å². The van der Waals surface area contributed by atoms with Crippen molar-refractivity contribution < 1.29 is 0 Å². The summed E-state index contributed by atoms with van der Waals surface area (Å²) >= 11 is 4.72. The predicted molar refractivity (Wildman–Crippen MR) is 115 cm³/mol. The molecule has 1 aromatic heterocycles. The lowest BCUT2D eigenvalue weighted by molar-refractivity contribution is 1.29. The van der Waals surface area contributed by atoms with E-state index in [0.717, 1.165) is 42.9 Å². The lowest BCUT2D eigenvalue weighted by Gasteiger charge is -2.06. The van der Waals surface area contributed by atoms with Crippen molar-refractivity contribution in [3.05, 3.63) is 82.6 Å². The number of nitrogens with two attached hydrogens (primary N) is 1. The summed E-state index contributed by atoms with van der Waals surface area (Å²) in [6, 6.07) is 22.5. The van der Waals surface area contributed by atoms with Gasteiger partial charge in [-0.25, -0.2) is 4.98 Å². The molecule has 0 fully saturated rings. The number of hydrogen-bond acceptors (Lipinski definition) is 3. The zero-order valence-electron chi connectivity index (χ0n) is 13.8. The highest BCUT2D eigenvalue weighted by Gasteiger charge is 2.07. The first-order chi connectivity index (χ1) is 12.7. The summed E-state index contributed by atoms with van der Waals surface area (Å²) in [6.07, 6.45) is 4.04. The molecule has 0 radical (unpaired) electrons. The summed E-state index contributed by atoms with van der Waals surface area (Å²) in [5.41, 5.74) is 5.33. The maximum absolute atomic E-state index is 5.79. The molecule has 0 bridgehead atoms. The number of fused-ring (bicyclic) bond motifs is 1. The molecule has 0 aliphatic carbocycles. The molecule has 0 amide bonds. The maximum Gasteiger partial charge on any atom is 0.131 e. The average molecular weight is 422 g/mol. The van der Waals surface area contributed by atoms with Crippen molar-refractivity contribution in [1.82, 2.24) is 9.97 Å². The van der Waals surface area contributed by atoms with Gasteiger partial charge >= 0.3 is 0 Å². The van der Waals surface area contributed by atoms with Gasteiger partial charge in [-0.3, -0.25) is 5.14 Å². The zero-order chi connectivity index (χ0) is 17.9. The number of imidazole rings is 1. The van der Waals surface area contributed by atoms with Crippen LogP contribution >= 0.6 is 27.9 Å². The zero-order valence-corrected chi connectivity index (χ0v) is 16.2. The lowest BCUT2D eigenvalue weighted by Crippen LogP contribution is -1.85. The van der Waals surface area contributed by atoms with Gasteiger partial charge in [0, 0.05) is 9.37 Å². The Morgan fingerprint density at radius 3 is 2.58 bits per heavy atom. The number of benzene rings is 3. The monoisotopic (exact) mass is 421 g/mol. The Morgan fingerprint density at radius 2 is 1.77 bits per heavy atom. The molecule has 3 N–H and O–H groups in total. The van der Waals surface area contributed by atoms with Crippen molar-refractivity contribution in [3.8, 4) is 11.1 Å². The summed E-state index contributed by atoms with van der Waals surface area (Å²) < 4.78 is 1.07. The van der Waals surface area contributed by atoms with E-state index in [1.807, 2.05) is 48.6 Å². The maximum atomic E-state index is 5.79. The number of aromatic amines is 1. The van der Waals surface area contributed by atoms with Crippen LogP contribution in [0.4, 0.5) is 0 Å². The van der Waals surface area contributed by atoms with Crippen LogP contribution in [0.5, 0.6) is 0 Å². The normalized spacial score (nSPS) is 11.5. The third-order valence-corrected chi connectivity index (χ3v) is 5.27. The highest BCUT2D eigenvalue weighted by atomic mass is 79.9. The molecular formula is C21H16BrN3S. The van der Waals surface area contributed by atoms with Gasteiger partial charge in [0.1, 0.15) is 5.82 Å². The minimum Gasteiger partial charge on any atom is -0.338 e.